The molecule has 0 saturated heterocycles. The quantitative estimate of drug-likeness (QED) is 0.394. The highest BCUT2D eigenvalue weighted by molar-refractivity contribution is 6.13. The highest BCUT2D eigenvalue weighted by Crippen LogP contribution is 2.13. The van der Waals surface area contributed by atoms with Gasteiger partial charge in [0.25, 0.3) is 5.91 Å². The van der Waals surface area contributed by atoms with Crippen LogP contribution in [0, 0.1) is 11.6 Å². The Balaban J connectivity index is 1.70. The molecule has 3 rings (SSSR count). The summed E-state index contributed by atoms with van der Waals surface area (Å²) in [5.41, 5.74) is 3.49. The van der Waals surface area contributed by atoms with Crippen LogP contribution in [0.1, 0.15) is 21.5 Å². The average molecular weight is 394 g/mol. The van der Waals surface area contributed by atoms with Gasteiger partial charge in [0, 0.05) is 11.1 Å². The van der Waals surface area contributed by atoms with Crippen molar-refractivity contribution in [1.29, 1.82) is 0 Å². The minimum absolute atomic E-state index is 0.506. The van der Waals surface area contributed by atoms with Crippen LogP contribution in [0.5, 0.6) is 0 Å². The van der Waals surface area contributed by atoms with Gasteiger partial charge in [-0.15, -0.1) is 0 Å². The van der Waals surface area contributed by atoms with Crippen LogP contribution in [0.25, 0.3) is 0 Å². The van der Waals surface area contributed by atoms with Gasteiger partial charge in [-0.1, -0.05) is 66.7 Å². The maximum atomic E-state index is 13.6. The molecule has 0 fully saturated rings. The Labute approximate surface area is 165 Å². The maximum Gasteiger partial charge on any atom is 0.344 e. The number of amides is 1. The summed E-state index contributed by atoms with van der Waals surface area (Å²) in [6.45, 7) is -0.743. The Kier molecular flexibility index (Phi) is 6.42. The molecule has 1 N–H and O–H groups in total. The number of rotatable bonds is 6. The summed E-state index contributed by atoms with van der Waals surface area (Å²) in [5, 5.41) is 4.13. The standard InChI is InChI=1S/C22H16F2N2O3/c23-17-12-7-13-18(24)20(17)22(28)29-14-19(27)25-26-21(15-8-3-1-4-9-15)16-10-5-2-6-11-16/h1-13H,14H2,(H,25,27). The molecule has 0 aromatic heterocycles. The third-order valence-corrected chi connectivity index (χ3v) is 3.89. The van der Waals surface area contributed by atoms with Crippen LogP contribution >= 0.6 is 0 Å². The van der Waals surface area contributed by atoms with Crippen LogP contribution in [0.15, 0.2) is 84.0 Å². The van der Waals surface area contributed by atoms with Gasteiger partial charge in [0.1, 0.15) is 17.2 Å². The monoisotopic (exact) mass is 394 g/mol. The van der Waals surface area contributed by atoms with Gasteiger partial charge in [-0.3, -0.25) is 4.79 Å². The van der Waals surface area contributed by atoms with Crippen molar-refractivity contribution >= 4 is 17.6 Å². The van der Waals surface area contributed by atoms with E-state index in [9.17, 15) is 18.4 Å². The number of hydrogen-bond acceptors (Lipinski definition) is 4. The number of nitrogens with zero attached hydrogens (tertiary/aromatic N) is 1. The van der Waals surface area contributed by atoms with E-state index in [4.69, 9.17) is 4.74 Å². The molecule has 0 aliphatic rings. The van der Waals surface area contributed by atoms with Gasteiger partial charge >= 0.3 is 5.97 Å². The molecular weight excluding hydrogens is 378 g/mol. The van der Waals surface area contributed by atoms with Crippen LogP contribution in [0.3, 0.4) is 0 Å². The van der Waals surface area contributed by atoms with Crippen molar-refractivity contribution in [2.24, 2.45) is 5.10 Å². The zero-order valence-corrected chi connectivity index (χ0v) is 15.1. The largest absolute Gasteiger partial charge is 0.452 e. The Bertz CT molecular complexity index is 977. The first-order chi connectivity index (χ1) is 14.1. The Morgan fingerprint density at radius 1 is 0.793 bits per heavy atom. The zero-order chi connectivity index (χ0) is 20.6. The number of halogens is 2. The van der Waals surface area contributed by atoms with Gasteiger partial charge in [-0.2, -0.15) is 5.10 Å². The fraction of sp³-hybridized carbons (Fsp3) is 0.0455. The number of benzene rings is 3. The predicted molar refractivity (Wildman–Crippen MR) is 103 cm³/mol. The molecule has 146 valence electrons. The molecule has 0 aliphatic carbocycles. The molecule has 7 heteroatoms. The first kappa shape index (κ1) is 19.9. The fourth-order valence-corrected chi connectivity index (χ4v) is 2.53. The summed E-state index contributed by atoms with van der Waals surface area (Å²) in [6.07, 6.45) is 0. The normalized spacial score (nSPS) is 10.1. The van der Waals surface area contributed by atoms with Crippen LogP contribution in [-0.4, -0.2) is 24.2 Å². The van der Waals surface area contributed by atoms with Gasteiger partial charge in [0.05, 0.1) is 5.71 Å². The number of nitrogens with one attached hydrogen (secondary N) is 1. The molecule has 3 aromatic rings. The third kappa shape index (κ3) is 5.10. The van der Waals surface area contributed by atoms with E-state index in [1.54, 1.807) is 0 Å². The van der Waals surface area contributed by atoms with Gasteiger partial charge in [-0.25, -0.2) is 19.0 Å². The predicted octanol–water partition coefficient (Wildman–Crippen LogP) is 3.69. The van der Waals surface area contributed by atoms with Crippen LogP contribution in [0.2, 0.25) is 0 Å². The molecule has 1 amide bonds. The Hall–Kier alpha value is -3.87. The second-order valence-electron chi connectivity index (χ2n) is 5.90. The van der Waals surface area contributed by atoms with Crippen LogP contribution < -0.4 is 5.43 Å². The number of esters is 1. The molecule has 0 unspecified atom stereocenters. The molecule has 0 spiro atoms. The van der Waals surface area contributed by atoms with E-state index in [-0.39, 0.29) is 0 Å². The molecule has 0 aliphatic heterocycles. The zero-order valence-electron chi connectivity index (χ0n) is 15.1. The fourth-order valence-electron chi connectivity index (χ4n) is 2.53. The van der Waals surface area contributed by atoms with E-state index >= 15 is 0 Å². The summed E-state index contributed by atoms with van der Waals surface area (Å²) in [5.74, 6) is -4.15. The Morgan fingerprint density at radius 2 is 1.31 bits per heavy atom. The lowest BCUT2D eigenvalue weighted by Crippen LogP contribution is -2.26. The van der Waals surface area contributed by atoms with Crippen molar-refractivity contribution < 1.29 is 23.1 Å². The molecule has 0 atom stereocenters. The summed E-state index contributed by atoms with van der Waals surface area (Å²) in [7, 11) is 0. The number of hydrogen-bond donors (Lipinski definition) is 1. The molecule has 0 bridgehead atoms. The lowest BCUT2D eigenvalue weighted by Gasteiger charge is -2.09. The molecule has 0 heterocycles. The second kappa shape index (κ2) is 9.36. The van der Waals surface area contributed by atoms with Crippen molar-refractivity contribution in [3.8, 4) is 0 Å². The van der Waals surface area contributed by atoms with Gasteiger partial charge < -0.3 is 4.74 Å². The van der Waals surface area contributed by atoms with Gasteiger partial charge in [0.2, 0.25) is 0 Å². The topological polar surface area (TPSA) is 67.8 Å². The Morgan fingerprint density at radius 3 is 1.83 bits per heavy atom. The van der Waals surface area contributed by atoms with Crippen LogP contribution in [-0.2, 0) is 9.53 Å². The smallest absolute Gasteiger partial charge is 0.344 e. The minimum atomic E-state index is -1.27. The lowest BCUT2D eigenvalue weighted by molar-refractivity contribution is -0.124. The van der Waals surface area contributed by atoms with Crippen molar-refractivity contribution in [2.75, 3.05) is 6.61 Å². The first-order valence-electron chi connectivity index (χ1n) is 8.65. The van der Waals surface area contributed by atoms with E-state index in [1.165, 1.54) is 0 Å². The highest BCUT2D eigenvalue weighted by atomic mass is 19.1. The van der Waals surface area contributed by atoms with E-state index in [0.29, 0.717) is 5.71 Å². The molecule has 0 saturated carbocycles. The second-order valence-corrected chi connectivity index (χ2v) is 5.90. The SMILES string of the molecule is O=C(COC(=O)c1c(F)cccc1F)NN=C(c1ccccc1)c1ccccc1. The average Bonchev–Trinajstić information content (AvgIpc) is 2.74. The molecule has 0 radical (unpaired) electrons. The van der Waals surface area contributed by atoms with E-state index in [2.05, 4.69) is 10.5 Å². The maximum absolute atomic E-state index is 13.6. The lowest BCUT2D eigenvalue weighted by atomic mass is 10.0. The molecule has 5 nitrogen and oxygen atoms in total. The molecular formula is C22H16F2N2O3. The third-order valence-electron chi connectivity index (χ3n) is 3.89. The summed E-state index contributed by atoms with van der Waals surface area (Å²) in [4.78, 5) is 23.9. The number of hydrazone groups is 1. The summed E-state index contributed by atoms with van der Waals surface area (Å²) < 4.78 is 31.9. The van der Waals surface area contributed by atoms with Crippen molar-refractivity contribution in [2.45, 2.75) is 0 Å². The van der Waals surface area contributed by atoms with Gasteiger partial charge in [-0.05, 0) is 12.1 Å². The summed E-state index contributed by atoms with van der Waals surface area (Å²) in [6, 6.07) is 21.3. The van der Waals surface area contributed by atoms with E-state index in [1.807, 2.05) is 60.7 Å². The number of carbonyl (C=O) groups excluding carboxylic acids is 2. The van der Waals surface area contributed by atoms with E-state index in [0.717, 1.165) is 29.3 Å². The number of carbonyl (C=O) groups is 2. The first-order valence-corrected chi connectivity index (χ1v) is 8.65. The highest BCUT2D eigenvalue weighted by Gasteiger charge is 2.19. The van der Waals surface area contributed by atoms with Crippen molar-refractivity contribution in [3.63, 3.8) is 0 Å². The van der Waals surface area contributed by atoms with Crippen molar-refractivity contribution in [3.05, 3.63) is 107 Å². The molecule has 3 aromatic carbocycles. The summed E-state index contributed by atoms with van der Waals surface area (Å²) >= 11 is 0. The van der Waals surface area contributed by atoms with Gasteiger partial charge in [0.15, 0.2) is 6.61 Å². The van der Waals surface area contributed by atoms with Crippen LogP contribution in [0.4, 0.5) is 8.78 Å². The van der Waals surface area contributed by atoms with E-state index < -0.39 is 35.7 Å². The molecule has 29 heavy (non-hydrogen) atoms. The van der Waals surface area contributed by atoms with Crippen molar-refractivity contribution in [1.82, 2.24) is 5.43 Å². The number of ether oxygens (including phenoxy) is 1. The minimum Gasteiger partial charge on any atom is -0.452 e.